The van der Waals surface area contributed by atoms with Crippen molar-refractivity contribution in [1.82, 2.24) is 5.32 Å². The maximum absolute atomic E-state index is 11.9. The Morgan fingerprint density at radius 3 is 2.32 bits per heavy atom. The summed E-state index contributed by atoms with van der Waals surface area (Å²) >= 11 is 0. The Balaban J connectivity index is 3.01. The summed E-state index contributed by atoms with van der Waals surface area (Å²) < 4.78 is 0. The van der Waals surface area contributed by atoms with Crippen LogP contribution < -0.4 is 5.32 Å². The fraction of sp³-hybridized carbons (Fsp3) is 0.333. The van der Waals surface area contributed by atoms with E-state index >= 15 is 0 Å². The van der Waals surface area contributed by atoms with Crippen molar-refractivity contribution in [2.75, 3.05) is 0 Å². The topological polar surface area (TPSA) is 66.4 Å². The van der Waals surface area contributed by atoms with Crippen LogP contribution in [-0.2, 0) is 9.59 Å². The number of nitrogens with one attached hydrogen (secondary N) is 1. The minimum atomic E-state index is -0.938. The first-order valence-corrected chi connectivity index (χ1v) is 6.19. The van der Waals surface area contributed by atoms with E-state index in [1.807, 2.05) is 30.3 Å². The number of hydrogen-bond acceptors (Lipinski definition) is 2. The zero-order valence-electron chi connectivity index (χ0n) is 11.4. The van der Waals surface area contributed by atoms with Crippen molar-refractivity contribution >= 4 is 11.9 Å². The lowest BCUT2D eigenvalue weighted by Gasteiger charge is -2.23. The van der Waals surface area contributed by atoms with Gasteiger partial charge in [0.1, 0.15) is 0 Å². The zero-order valence-corrected chi connectivity index (χ0v) is 11.4. The van der Waals surface area contributed by atoms with Crippen LogP contribution in [0.1, 0.15) is 32.4 Å². The summed E-state index contributed by atoms with van der Waals surface area (Å²) in [5.74, 6) is -1.88. The van der Waals surface area contributed by atoms with Crippen LogP contribution in [0.2, 0.25) is 0 Å². The number of aliphatic carboxylic acids is 1. The van der Waals surface area contributed by atoms with Crippen molar-refractivity contribution in [3.8, 4) is 0 Å². The number of carboxylic acids is 1. The monoisotopic (exact) mass is 261 g/mol. The Morgan fingerprint density at radius 1 is 1.26 bits per heavy atom. The quantitative estimate of drug-likeness (QED) is 0.800. The molecule has 19 heavy (non-hydrogen) atoms. The van der Waals surface area contributed by atoms with Gasteiger partial charge < -0.3 is 10.4 Å². The number of benzene rings is 1. The van der Waals surface area contributed by atoms with Crippen LogP contribution in [-0.4, -0.2) is 17.0 Å². The molecule has 0 heterocycles. The van der Waals surface area contributed by atoms with Gasteiger partial charge in [0.2, 0.25) is 5.91 Å². The summed E-state index contributed by atoms with van der Waals surface area (Å²) in [5.41, 5.74) is 1.35. The van der Waals surface area contributed by atoms with Crippen LogP contribution in [0.5, 0.6) is 0 Å². The molecule has 0 aromatic heterocycles. The van der Waals surface area contributed by atoms with Crippen LogP contribution >= 0.6 is 0 Å². The molecule has 1 aromatic rings. The second-order valence-corrected chi connectivity index (χ2v) is 4.46. The molecule has 4 nitrogen and oxygen atoms in total. The van der Waals surface area contributed by atoms with Gasteiger partial charge in [-0.25, -0.2) is 0 Å². The lowest BCUT2D eigenvalue weighted by molar-refractivity contribution is -0.142. The minimum absolute atomic E-state index is 0.246. The first kappa shape index (κ1) is 15.0. The Labute approximate surface area is 113 Å². The summed E-state index contributed by atoms with van der Waals surface area (Å²) in [6, 6.07) is 8.59. The van der Waals surface area contributed by atoms with E-state index in [0.29, 0.717) is 5.57 Å². The van der Waals surface area contributed by atoms with Gasteiger partial charge in [0.25, 0.3) is 0 Å². The molecule has 2 unspecified atom stereocenters. The molecule has 1 rings (SSSR count). The van der Waals surface area contributed by atoms with E-state index in [2.05, 4.69) is 5.32 Å². The van der Waals surface area contributed by atoms with Gasteiger partial charge in [-0.2, -0.15) is 0 Å². The average molecular weight is 261 g/mol. The van der Waals surface area contributed by atoms with Gasteiger partial charge in [0.15, 0.2) is 0 Å². The van der Waals surface area contributed by atoms with Crippen LogP contribution in [0.4, 0.5) is 0 Å². The van der Waals surface area contributed by atoms with Crippen molar-refractivity contribution in [2.24, 2.45) is 5.92 Å². The standard InChI is InChI=1S/C15H19NO3/c1-4-10(2)14(17)16-13(11(3)15(18)19)12-8-6-5-7-9-12/h4-9,11,13H,1-3H3,(H,16,17)(H,18,19)/b10-4-. The highest BCUT2D eigenvalue weighted by Gasteiger charge is 2.26. The third kappa shape index (κ3) is 3.95. The lowest BCUT2D eigenvalue weighted by atomic mass is 9.94. The van der Waals surface area contributed by atoms with Crippen molar-refractivity contribution in [1.29, 1.82) is 0 Å². The van der Waals surface area contributed by atoms with Gasteiger partial charge in [-0.15, -0.1) is 0 Å². The largest absolute Gasteiger partial charge is 0.481 e. The summed E-state index contributed by atoms with van der Waals surface area (Å²) in [6.45, 7) is 5.06. The molecule has 1 amide bonds. The van der Waals surface area contributed by atoms with Crippen molar-refractivity contribution in [3.63, 3.8) is 0 Å². The van der Waals surface area contributed by atoms with E-state index in [-0.39, 0.29) is 5.91 Å². The molecule has 102 valence electrons. The smallest absolute Gasteiger partial charge is 0.308 e. The van der Waals surface area contributed by atoms with Gasteiger partial charge in [-0.3, -0.25) is 9.59 Å². The van der Waals surface area contributed by atoms with Gasteiger partial charge in [0, 0.05) is 5.57 Å². The Morgan fingerprint density at radius 2 is 1.84 bits per heavy atom. The third-order valence-corrected chi connectivity index (χ3v) is 3.13. The summed E-state index contributed by atoms with van der Waals surface area (Å²) in [6.07, 6.45) is 1.70. The molecule has 0 saturated carbocycles. The molecule has 0 bridgehead atoms. The fourth-order valence-electron chi connectivity index (χ4n) is 1.69. The molecule has 0 spiro atoms. The van der Waals surface area contributed by atoms with Crippen LogP contribution in [0.25, 0.3) is 0 Å². The number of amides is 1. The number of carbonyl (C=O) groups excluding carboxylic acids is 1. The molecule has 0 aliphatic heterocycles. The summed E-state index contributed by atoms with van der Waals surface area (Å²) in [5, 5.41) is 11.9. The molecule has 0 radical (unpaired) electrons. The maximum atomic E-state index is 11.9. The summed E-state index contributed by atoms with van der Waals surface area (Å²) in [4.78, 5) is 23.1. The highest BCUT2D eigenvalue weighted by Crippen LogP contribution is 2.22. The van der Waals surface area contributed by atoms with E-state index in [1.165, 1.54) is 0 Å². The second kappa shape index (κ2) is 6.73. The lowest BCUT2D eigenvalue weighted by Crippen LogP contribution is -2.35. The predicted molar refractivity (Wildman–Crippen MR) is 73.6 cm³/mol. The SMILES string of the molecule is C/C=C(/C)C(=O)NC(c1ccccc1)C(C)C(=O)O. The molecule has 0 aliphatic rings. The second-order valence-electron chi connectivity index (χ2n) is 4.46. The number of carboxylic acid groups (broad SMARTS) is 1. The molecular weight excluding hydrogens is 242 g/mol. The maximum Gasteiger partial charge on any atom is 0.308 e. The number of rotatable bonds is 5. The highest BCUT2D eigenvalue weighted by atomic mass is 16.4. The van der Waals surface area contributed by atoms with E-state index in [9.17, 15) is 9.59 Å². The molecule has 1 aromatic carbocycles. The number of hydrogen-bond donors (Lipinski definition) is 2. The normalized spacial score (nSPS) is 14.6. The van der Waals surface area contributed by atoms with E-state index in [0.717, 1.165) is 5.56 Å². The van der Waals surface area contributed by atoms with E-state index < -0.39 is 17.9 Å². The van der Waals surface area contributed by atoms with Crippen molar-refractivity contribution < 1.29 is 14.7 Å². The first-order valence-electron chi connectivity index (χ1n) is 6.19. The Hall–Kier alpha value is -2.10. The van der Waals surface area contributed by atoms with E-state index in [1.54, 1.807) is 26.8 Å². The van der Waals surface area contributed by atoms with Gasteiger partial charge in [0.05, 0.1) is 12.0 Å². The first-order chi connectivity index (χ1) is 8.97. The Kier molecular flexibility index (Phi) is 5.30. The molecule has 0 aliphatic carbocycles. The van der Waals surface area contributed by atoms with Crippen LogP contribution in [0, 0.1) is 5.92 Å². The van der Waals surface area contributed by atoms with Gasteiger partial charge in [-0.05, 0) is 26.3 Å². The predicted octanol–water partition coefficient (Wildman–Crippen LogP) is 2.53. The van der Waals surface area contributed by atoms with Crippen molar-refractivity contribution in [3.05, 3.63) is 47.5 Å². The summed E-state index contributed by atoms with van der Waals surface area (Å²) in [7, 11) is 0. The van der Waals surface area contributed by atoms with Gasteiger partial charge in [-0.1, -0.05) is 36.4 Å². The zero-order chi connectivity index (χ0) is 14.4. The molecular formula is C15H19NO3. The van der Waals surface area contributed by atoms with Crippen LogP contribution in [0.15, 0.2) is 42.0 Å². The molecule has 0 saturated heterocycles. The molecule has 2 N–H and O–H groups in total. The molecule has 4 heteroatoms. The number of allylic oxidation sites excluding steroid dienone is 1. The van der Waals surface area contributed by atoms with Crippen molar-refractivity contribution in [2.45, 2.75) is 26.8 Å². The number of carbonyl (C=O) groups is 2. The van der Waals surface area contributed by atoms with Gasteiger partial charge >= 0.3 is 5.97 Å². The molecule has 2 atom stereocenters. The minimum Gasteiger partial charge on any atom is -0.481 e. The highest BCUT2D eigenvalue weighted by molar-refractivity contribution is 5.93. The third-order valence-electron chi connectivity index (χ3n) is 3.13. The molecule has 0 fully saturated rings. The fourth-order valence-corrected chi connectivity index (χ4v) is 1.69. The average Bonchev–Trinajstić information content (AvgIpc) is 2.43. The Bertz CT molecular complexity index is 479. The van der Waals surface area contributed by atoms with Crippen LogP contribution in [0.3, 0.4) is 0 Å². The van der Waals surface area contributed by atoms with E-state index in [4.69, 9.17) is 5.11 Å².